The van der Waals surface area contributed by atoms with Crippen molar-refractivity contribution in [3.63, 3.8) is 0 Å². The van der Waals surface area contributed by atoms with Crippen molar-refractivity contribution in [2.24, 2.45) is 0 Å². The third kappa shape index (κ3) is 5.34. The van der Waals surface area contributed by atoms with Gasteiger partial charge in [-0.1, -0.05) is 0 Å². The molecule has 0 radical (unpaired) electrons. The van der Waals surface area contributed by atoms with Crippen LogP contribution < -0.4 is 5.32 Å². The molecule has 0 aromatic carbocycles. The van der Waals surface area contributed by atoms with Crippen LogP contribution in [-0.4, -0.2) is 73.4 Å². The Hall–Kier alpha value is -0.160. The summed E-state index contributed by atoms with van der Waals surface area (Å²) >= 11 is 0. The zero-order valence-electron chi connectivity index (χ0n) is 12.0. The number of likely N-dealkylation sites (tertiary alicyclic amines) is 1. The highest BCUT2D eigenvalue weighted by Crippen LogP contribution is 2.16. The Morgan fingerprint density at radius 2 is 2.12 bits per heavy atom. The molecule has 1 rings (SSSR count). The summed E-state index contributed by atoms with van der Waals surface area (Å²) in [4.78, 5) is 4.43. The molecule has 17 heavy (non-hydrogen) atoms. The van der Waals surface area contributed by atoms with Gasteiger partial charge in [-0.05, 0) is 54.4 Å². The minimum absolute atomic E-state index is 0.551. The number of aliphatic hydroxyl groups is 1. The third-order valence-corrected chi connectivity index (χ3v) is 3.64. The smallest absolute Gasteiger partial charge is 0.0869 e. The highest BCUT2D eigenvalue weighted by molar-refractivity contribution is 4.85. The average molecular weight is 243 g/mol. The van der Waals surface area contributed by atoms with Gasteiger partial charge in [0.25, 0.3) is 0 Å². The largest absolute Gasteiger partial charge is 0.388 e. The van der Waals surface area contributed by atoms with Crippen LogP contribution in [-0.2, 0) is 0 Å². The monoisotopic (exact) mass is 243 g/mol. The SMILES string of the molecule is CC1CC(NCC(C)(O)CN(C)C)CCN1C. The topological polar surface area (TPSA) is 38.7 Å². The molecule has 1 saturated heterocycles. The number of nitrogens with one attached hydrogen (secondary N) is 1. The molecule has 3 atom stereocenters. The van der Waals surface area contributed by atoms with E-state index in [2.05, 4.69) is 24.2 Å². The summed E-state index contributed by atoms with van der Waals surface area (Å²) in [5, 5.41) is 13.7. The van der Waals surface area contributed by atoms with Crippen LogP contribution in [0.2, 0.25) is 0 Å². The number of nitrogens with zero attached hydrogens (tertiary/aromatic N) is 2. The van der Waals surface area contributed by atoms with E-state index < -0.39 is 5.60 Å². The number of piperidine rings is 1. The molecule has 1 aliphatic rings. The molecule has 0 bridgehead atoms. The fourth-order valence-electron chi connectivity index (χ4n) is 2.58. The molecule has 4 nitrogen and oxygen atoms in total. The van der Waals surface area contributed by atoms with E-state index in [0.29, 0.717) is 25.2 Å². The molecule has 4 heteroatoms. The lowest BCUT2D eigenvalue weighted by Gasteiger charge is -2.37. The van der Waals surface area contributed by atoms with E-state index in [-0.39, 0.29) is 0 Å². The summed E-state index contributed by atoms with van der Waals surface area (Å²) in [5.74, 6) is 0. The third-order valence-electron chi connectivity index (χ3n) is 3.64. The predicted octanol–water partition coefficient (Wildman–Crippen LogP) is 0.371. The lowest BCUT2D eigenvalue weighted by molar-refractivity contribution is 0.0277. The average Bonchev–Trinajstić information content (AvgIpc) is 2.18. The quantitative estimate of drug-likeness (QED) is 0.732. The standard InChI is InChI=1S/C13H29N3O/c1-11-8-12(6-7-16(11)5)14-9-13(2,17)10-15(3)4/h11-12,14,17H,6-10H2,1-5H3. The van der Waals surface area contributed by atoms with E-state index in [1.54, 1.807) is 0 Å². The fourth-order valence-corrected chi connectivity index (χ4v) is 2.58. The van der Waals surface area contributed by atoms with Crippen molar-refractivity contribution in [2.75, 3.05) is 40.8 Å². The molecular formula is C13H29N3O. The van der Waals surface area contributed by atoms with Crippen molar-refractivity contribution in [3.05, 3.63) is 0 Å². The summed E-state index contributed by atoms with van der Waals surface area (Å²) in [5.41, 5.74) is -0.643. The van der Waals surface area contributed by atoms with Gasteiger partial charge in [0.15, 0.2) is 0 Å². The summed E-state index contributed by atoms with van der Waals surface area (Å²) < 4.78 is 0. The first-order chi connectivity index (χ1) is 7.80. The van der Waals surface area contributed by atoms with Crippen LogP contribution in [0.5, 0.6) is 0 Å². The van der Waals surface area contributed by atoms with Gasteiger partial charge >= 0.3 is 0 Å². The lowest BCUT2D eigenvalue weighted by Crippen LogP contribution is -2.51. The Labute approximate surface area is 106 Å². The van der Waals surface area contributed by atoms with E-state index in [1.165, 1.54) is 12.8 Å². The first kappa shape index (κ1) is 14.9. The van der Waals surface area contributed by atoms with E-state index >= 15 is 0 Å². The highest BCUT2D eigenvalue weighted by Gasteiger charge is 2.26. The Kier molecular flexibility index (Phi) is 5.38. The van der Waals surface area contributed by atoms with Crippen LogP contribution >= 0.6 is 0 Å². The van der Waals surface area contributed by atoms with Crippen molar-refractivity contribution in [1.82, 2.24) is 15.1 Å². The van der Waals surface area contributed by atoms with Crippen LogP contribution in [0.1, 0.15) is 26.7 Å². The lowest BCUT2D eigenvalue weighted by atomic mass is 9.97. The maximum Gasteiger partial charge on any atom is 0.0869 e. The van der Waals surface area contributed by atoms with Crippen molar-refractivity contribution in [3.8, 4) is 0 Å². The number of likely N-dealkylation sites (N-methyl/N-ethyl adjacent to an activating group) is 1. The Balaban J connectivity index is 2.31. The molecule has 102 valence electrons. The minimum Gasteiger partial charge on any atom is -0.388 e. The minimum atomic E-state index is -0.643. The Bertz CT molecular complexity index is 231. The summed E-state index contributed by atoms with van der Waals surface area (Å²) in [7, 11) is 6.17. The normalized spacial score (nSPS) is 30.5. The van der Waals surface area contributed by atoms with Crippen LogP contribution in [0.3, 0.4) is 0 Å². The van der Waals surface area contributed by atoms with E-state index in [0.717, 1.165) is 6.54 Å². The zero-order chi connectivity index (χ0) is 13.1. The van der Waals surface area contributed by atoms with Gasteiger partial charge in [0, 0.05) is 25.2 Å². The van der Waals surface area contributed by atoms with E-state index in [4.69, 9.17) is 0 Å². The van der Waals surface area contributed by atoms with E-state index in [1.807, 2.05) is 25.9 Å². The molecule has 1 aliphatic heterocycles. The Morgan fingerprint density at radius 1 is 1.47 bits per heavy atom. The molecule has 0 saturated carbocycles. The molecule has 0 aromatic heterocycles. The molecule has 1 fully saturated rings. The predicted molar refractivity (Wildman–Crippen MR) is 72.3 cm³/mol. The number of rotatable bonds is 5. The van der Waals surface area contributed by atoms with Gasteiger partial charge < -0.3 is 20.2 Å². The summed E-state index contributed by atoms with van der Waals surface area (Å²) in [6.07, 6.45) is 2.35. The van der Waals surface area contributed by atoms with Crippen molar-refractivity contribution >= 4 is 0 Å². The van der Waals surface area contributed by atoms with Crippen molar-refractivity contribution < 1.29 is 5.11 Å². The molecular weight excluding hydrogens is 214 g/mol. The summed E-state index contributed by atoms with van der Waals surface area (Å²) in [6.45, 7) is 6.69. The zero-order valence-corrected chi connectivity index (χ0v) is 12.0. The molecule has 2 N–H and O–H groups in total. The molecule has 3 unspecified atom stereocenters. The highest BCUT2D eigenvalue weighted by atomic mass is 16.3. The van der Waals surface area contributed by atoms with Gasteiger partial charge in [-0.3, -0.25) is 0 Å². The molecule has 1 heterocycles. The summed E-state index contributed by atoms with van der Waals surface area (Å²) in [6, 6.07) is 1.19. The van der Waals surface area contributed by atoms with Gasteiger partial charge in [-0.25, -0.2) is 0 Å². The van der Waals surface area contributed by atoms with Crippen LogP contribution in [0.4, 0.5) is 0 Å². The van der Waals surface area contributed by atoms with Crippen LogP contribution in [0.25, 0.3) is 0 Å². The second kappa shape index (κ2) is 6.14. The second-order valence-corrected chi connectivity index (χ2v) is 6.17. The van der Waals surface area contributed by atoms with E-state index in [9.17, 15) is 5.11 Å². The molecule has 0 amide bonds. The molecule has 0 aliphatic carbocycles. The second-order valence-electron chi connectivity index (χ2n) is 6.17. The first-order valence-corrected chi connectivity index (χ1v) is 6.61. The molecule has 0 spiro atoms. The first-order valence-electron chi connectivity index (χ1n) is 6.61. The maximum atomic E-state index is 10.2. The van der Waals surface area contributed by atoms with Gasteiger partial charge in [0.05, 0.1) is 5.60 Å². The maximum absolute atomic E-state index is 10.2. The van der Waals surface area contributed by atoms with Crippen molar-refractivity contribution in [2.45, 2.75) is 44.4 Å². The fraction of sp³-hybridized carbons (Fsp3) is 1.00. The van der Waals surface area contributed by atoms with Gasteiger partial charge in [-0.15, -0.1) is 0 Å². The van der Waals surface area contributed by atoms with Gasteiger partial charge in [-0.2, -0.15) is 0 Å². The Morgan fingerprint density at radius 3 is 2.65 bits per heavy atom. The van der Waals surface area contributed by atoms with Gasteiger partial charge in [0.2, 0.25) is 0 Å². The van der Waals surface area contributed by atoms with Crippen LogP contribution in [0, 0.1) is 0 Å². The van der Waals surface area contributed by atoms with Gasteiger partial charge in [0.1, 0.15) is 0 Å². The number of hydrogen-bond donors (Lipinski definition) is 2. The van der Waals surface area contributed by atoms with Crippen LogP contribution in [0.15, 0.2) is 0 Å². The van der Waals surface area contributed by atoms with Crippen molar-refractivity contribution in [1.29, 1.82) is 0 Å². The molecule has 0 aromatic rings. The number of hydrogen-bond acceptors (Lipinski definition) is 4.